The summed E-state index contributed by atoms with van der Waals surface area (Å²) < 4.78 is 7.76. The van der Waals surface area contributed by atoms with Crippen LogP contribution in [-0.4, -0.2) is 32.9 Å². The van der Waals surface area contributed by atoms with Crippen molar-refractivity contribution in [2.45, 2.75) is 44.8 Å². The lowest BCUT2D eigenvalue weighted by atomic mass is 9.93. The van der Waals surface area contributed by atoms with Gasteiger partial charge in [0.15, 0.2) is 5.78 Å². The van der Waals surface area contributed by atoms with Gasteiger partial charge in [-0.05, 0) is 43.5 Å². The number of fused-ring (bicyclic) bond motifs is 1. The first-order valence-corrected chi connectivity index (χ1v) is 11.9. The Morgan fingerprint density at radius 2 is 1.91 bits per heavy atom. The van der Waals surface area contributed by atoms with Gasteiger partial charge in [-0.3, -0.25) is 4.79 Å². The number of rotatable bonds is 9. The summed E-state index contributed by atoms with van der Waals surface area (Å²) in [5.74, 6) is 2.45. The first kappa shape index (κ1) is 22.1. The van der Waals surface area contributed by atoms with Gasteiger partial charge in [0.25, 0.3) is 0 Å². The number of benzene rings is 2. The highest BCUT2D eigenvalue weighted by molar-refractivity contribution is 7.99. The second-order valence-electron chi connectivity index (χ2n) is 7.79. The molecule has 1 atom stereocenters. The van der Waals surface area contributed by atoms with E-state index < -0.39 is 0 Å². The van der Waals surface area contributed by atoms with E-state index in [4.69, 9.17) is 9.84 Å². The van der Waals surface area contributed by atoms with Crippen molar-refractivity contribution in [3.05, 3.63) is 77.0 Å². The molecule has 3 aromatic rings. The van der Waals surface area contributed by atoms with Crippen LogP contribution in [-0.2, 0) is 11.2 Å². The van der Waals surface area contributed by atoms with Gasteiger partial charge in [0, 0.05) is 23.4 Å². The average Bonchev–Trinajstić information content (AvgIpc) is 3.20. The standard InChI is InChI=1S/C25H28N4O2S/c1-4-16-32-25-27-24-26-17(2)22(18(3)30)23(29(24)28-25)20-10-12-21(13-11-20)31-15-14-19-8-6-5-7-9-19/h5-13,23H,4,14-16H2,1-3H3,(H,26,27,28). The Labute approximate surface area is 193 Å². The van der Waals surface area contributed by atoms with E-state index in [1.807, 2.05) is 54.1 Å². The van der Waals surface area contributed by atoms with Gasteiger partial charge in [0.1, 0.15) is 11.8 Å². The third-order valence-electron chi connectivity index (χ3n) is 5.35. The molecule has 0 spiro atoms. The van der Waals surface area contributed by atoms with Crippen molar-refractivity contribution < 1.29 is 9.53 Å². The van der Waals surface area contributed by atoms with E-state index in [-0.39, 0.29) is 11.8 Å². The van der Waals surface area contributed by atoms with Crippen molar-refractivity contribution in [2.24, 2.45) is 0 Å². The number of anilines is 1. The van der Waals surface area contributed by atoms with Crippen molar-refractivity contribution in [3.63, 3.8) is 0 Å². The second kappa shape index (κ2) is 10.0. The van der Waals surface area contributed by atoms with Crippen LogP contribution in [0.15, 0.2) is 71.0 Å². The van der Waals surface area contributed by atoms with Crippen LogP contribution in [0.1, 0.15) is 44.4 Å². The summed E-state index contributed by atoms with van der Waals surface area (Å²) in [6.07, 6.45) is 1.90. The number of hydrogen-bond donors (Lipinski definition) is 1. The van der Waals surface area contributed by atoms with E-state index >= 15 is 0 Å². The quantitative estimate of drug-likeness (QED) is 0.449. The van der Waals surface area contributed by atoms with E-state index in [9.17, 15) is 4.79 Å². The molecule has 1 N–H and O–H groups in total. The minimum atomic E-state index is -0.314. The molecule has 0 radical (unpaired) electrons. The Kier molecular flexibility index (Phi) is 6.95. The number of ether oxygens (including phenoxy) is 1. The van der Waals surface area contributed by atoms with Gasteiger partial charge in [0.05, 0.1) is 6.61 Å². The molecule has 2 aromatic carbocycles. The Balaban J connectivity index is 1.55. The van der Waals surface area contributed by atoms with Gasteiger partial charge in [-0.2, -0.15) is 4.98 Å². The van der Waals surface area contributed by atoms with Crippen molar-refractivity contribution in [1.29, 1.82) is 0 Å². The summed E-state index contributed by atoms with van der Waals surface area (Å²) >= 11 is 1.63. The summed E-state index contributed by atoms with van der Waals surface area (Å²) in [5.41, 5.74) is 3.75. The van der Waals surface area contributed by atoms with Gasteiger partial charge in [-0.15, -0.1) is 5.10 Å². The lowest BCUT2D eigenvalue weighted by Crippen LogP contribution is -2.27. The van der Waals surface area contributed by atoms with Gasteiger partial charge in [0.2, 0.25) is 11.1 Å². The summed E-state index contributed by atoms with van der Waals surface area (Å²) in [7, 11) is 0. The summed E-state index contributed by atoms with van der Waals surface area (Å²) in [5, 5.41) is 8.68. The Morgan fingerprint density at radius 3 is 2.59 bits per heavy atom. The summed E-state index contributed by atoms with van der Waals surface area (Å²) in [4.78, 5) is 17.2. The summed E-state index contributed by atoms with van der Waals surface area (Å²) in [6, 6.07) is 17.9. The van der Waals surface area contributed by atoms with Gasteiger partial charge >= 0.3 is 0 Å². The van der Waals surface area contributed by atoms with E-state index in [0.29, 0.717) is 18.1 Å². The van der Waals surface area contributed by atoms with Crippen LogP contribution in [0.2, 0.25) is 0 Å². The zero-order valence-electron chi connectivity index (χ0n) is 18.7. The largest absolute Gasteiger partial charge is 0.493 e. The third-order valence-corrected chi connectivity index (χ3v) is 6.39. The number of aromatic nitrogens is 3. The monoisotopic (exact) mass is 448 g/mol. The molecule has 0 bridgehead atoms. The Hall–Kier alpha value is -3.06. The second-order valence-corrected chi connectivity index (χ2v) is 8.85. The van der Waals surface area contributed by atoms with E-state index in [0.717, 1.165) is 40.8 Å². The summed E-state index contributed by atoms with van der Waals surface area (Å²) in [6.45, 7) is 6.26. The van der Waals surface area contributed by atoms with E-state index in [1.165, 1.54) is 5.56 Å². The molecule has 6 nitrogen and oxygen atoms in total. The fourth-order valence-corrected chi connectivity index (χ4v) is 4.51. The topological polar surface area (TPSA) is 69.0 Å². The van der Waals surface area contributed by atoms with Gasteiger partial charge in [-0.1, -0.05) is 61.2 Å². The van der Waals surface area contributed by atoms with Crippen LogP contribution >= 0.6 is 11.8 Å². The normalized spacial score (nSPS) is 15.3. The van der Waals surface area contributed by atoms with Crippen LogP contribution in [0.25, 0.3) is 0 Å². The van der Waals surface area contributed by atoms with E-state index in [1.54, 1.807) is 18.7 Å². The molecule has 32 heavy (non-hydrogen) atoms. The molecular weight excluding hydrogens is 420 g/mol. The zero-order valence-corrected chi connectivity index (χ0v) is 19.5. The van der Waals surface area contributed by atoms with Crippen molar-refractivity contribution in [3.8, 4) is 5.75 Å². The molecule has 166 valence electrons. The molecule has 2 heterocycles. The maximum absolute atomic E-state index is 12.5. The number of nitrogens with one attached hydrogen (secondary N) is 1. The molecule has 1 aromatic heterocycles. The van der Waals surface area contributed by atoms with Crippen molar-refractivity contribution in [2.75, 3.05) is 17.7 Å². The highest BCUT2D eigenvalue weighted by Crippen LogP contribution is 2.37. The maximum Gasteiger partial charge on any atom is 0.227 e. The number of carbonyl (C=O) groups excluding carboxylic acids is 1. The Bertz CT molecular complexity index is 1110. The van der Waals surface area contributed by atoms with Crippen LogP contribution in [0.4, 0.5) is 5.95 Å². The molecule has 1 aliphatic heterocycles. The number of allylic oxidation sites excluding steroid dienone is 2. The third kappa shape index (κ3) is 4.88. The first-order valence-electron chi connectivity index (χ1n) is 10.9. The Morgan fingerprint density at radius 1 is 1.16 bits per heavy atom. The molecule has 0 saturated heterocycles. The molecular formula is C25H28N4O2S. The van der Waals surface area contributed by atoms with Gasteiger partial charge < -0.3 is 10.1 Å². The number of nitrogens with zero attached hydrogens (tertiary/aromatic N) is 3. The molecule has 0 fully saturated rings. The van der Waals surface area contributed by atoms with Gasteiger partial charge in [-0.25, -0.2) is 4.68 Å². The van der Waals surface area contributed by atoms with Crippen LogP contribution in [0, 0.1) is 0 Å². The number of Topliss-reactive ketones (excluding diaryl/α,β-unsaturated/α-hetero) is 1. The van der Waals surface area contributed by atoms with Crippen molar-refractivity contribution in [1.82, 2.24) is 14.8 Å². The molecule has 0 amide bonds. The van der Waals surface area contributed by atoms with Crippen LogP contribution in [0.5, 0.6) is 5.75 Å². The molecule has 0 saturated carbocycles. The predicted octanol–water partition coefficient (Wildman–Crippen LogP) is 5.28. The molecule has 1 unspecified atom stereocenters. The first-order chi connectivity index (χ1) is 15.6. The highest BCUT2D eigenvalue weighted by atomic mass is 32.2. The number of hydrogen-bond acceptors (Lipinski definition) is 6. The SMILES string of the molecule is CCCSc1nc2n(n1)C(c1ccc(OCCc3ccccc3)cc1)C(C(C)=O)=C(C)N2. The van der Waals surface area contributed by atoms with E-state index in [2.05, 4.69) is 29.4 Å². The number of ketones is 1. The molecule has 0 aliphatic carbocycles. The molecule has 7 heteroatoms. The minimum Gasteiger partial charge on any atom is -0.493 e. The highest BCUT2D eigenvalue weighted by Gasteiger charge is 2.32. The zero-order chi connectivity index (χ0) is 22.5. The fourth-order valence-electron chi connectivity index (χ4n) is 3.83. The van der Waals surface area contributed by atoms with Crippen molar-refractivity contribution >= 4 is 23.5 Å². The molecule has 4 rings (SSSR count). The lowest BCUT2D eigenvalue weighted by Gasteiger charge is -2.28. The fraction of sp³-hybridized carbons (Fsp3) is 0.320. The lowest BCUT2D eigenvalue weighted by molar-refractivity contribution is -0.114. The predicted molar refractivity (Wildman–Crippen MR) is 128 cm³/mol. The average molecular weight is 449 g/mol. The number of thioether (sulfide) groups is 1. The van der Waals surface area contributed by atoms with Crippen LogP contribution in [0.3, 0.4) is 0 Å². The maximum atomic E-state index is 12.5. The van der Waals surface area contributed by atoms with Crippen LogP contribution < -0.4 is 10.1 Å². The minimum absolute atomic E-state index is 0.0205. The number of carbonyl (C=O) groups is 1. The molecule has 1 aliphatic rings. The smallest absolute Gasteiger partial charge is 0.227 e.